The summed E-state index contributed by atoms with van der Waals surface area (Å²) in [5, 5.41) is 10.1. The molecular weight excluding hydrogens is 332 g/mol. The van der Waals surface area contributed by atoms with Gasteiger partial charge in [0.15, 0.2) is 5.13 Å². The number of hydrogen-bond donors (Lipinski definition) is 1. The summed E-state index contributed by atoms with van der Waals surface area (Å²) < 4.78 is 1.67. The Balaban J connectivity index is 1.37. The van der Waals surface area contributed by atoms with Gasteiger partial charge in [-0.25, -0.2) is 4.98 Å². The molecule has 5 nitrogen and oxygen atoms in total. The smallest absolute Gasteiger partial charge is 0.260 e. The molecular formula is C19H24N4OS. The van der Waals surface area contributed by atoms with Gasteiger partial charge < -0.3 is 0 Å². The van der Waals surface area contributed by atoms with Crippen LogP contribution in [0.25, 0.3) is 0 Å². The minimum absolute atomic E-state index is 0.114. The zero-order chi connectivity index (χ0) is 17.2. The minimum Gasteiger partial charge on any atom is -0.298 e. The van der Waals surface area contributed by atoms with Gasteiger partial charge in [0.05, 0.1) is 17.0 Å². The average Bonchev–Trinajstić information content (AvgIpc) is 3.12. The van der Waals surface area contributed by atoms with Gasteiger partial charge in [-0.2, -0.15) is 5.10 Å². The van der Waals surface area contributed by atoms with E-state index in [4.69, 9.17) is 4.98 Å². The lowest BCUT2D eigenvalue weighted by molar-refractivity contribution is -0.00688. The molecule has 1 amide bonds. The van der Waals surface area contributed by atoms with Crippen LogP contribution in [0, 0.1) is 24.7 Å². The van der Waals surface area contributed by atoms with E-state index >= 15 is 0 Å². The van der Waals surface area contributed by atoms with Gasteiger partial charge in [-0.05, 0) is 63.2 Å². The number of hydrogen-bond acceptors (Lipinski definition) is 4. The third-order valence-corrected chi connectivity index (χ3v) is 7.32. The highest BCUT2D eigenvalue weighted by Crippen LogP contribution is 2.60. The fraction of sp³-hybridized carbons (Fsp3) is 0.632. The maximum absolute atomic E-state index is 12.5. The van der Waals surface area contributed by atoms with Crippen LogP contribution in [0.3, 0.4) is 0 Å². The van der Waals surface area contributed by atoms with E-state index in [1.807, 2.05) is 14.0 Å². The molecule has 4 saturated carbocycles. The van der Waals surface area contributed by atoms with Crippen LogP contribution in [-0.4, -0.2) is 20.7 Å². The van der Waals surface area contributed by atoms with Crippen LogP contribution >= 0.6 is 11.3 Å². The molecule has 4 bridgehead atoms. The molecule has 4 fully saturated rings. The monoisotopic (exact) mass is 356 g/mol. The topological polar surface area (TPSA) is 59.8 Å². The van der Waals surface area contributed by atoms with Crippen molar-refractivity contribution in [3.63, 3.8) is 0 Å². The van der Waals surface area contributed by atoms with E-state index in [-0.39, 0.29) is 5.91 Å². The lowest BCUT2D eigenvalue weighted by Crippen LogP contribution is -2.48. The van der Waals surface area contributed by atoms with Crippen LogP contribution in [0.15, 0.2) is 11.6 Å². The van der Waals surface area contributed by atoms with Crippen molar-refractivity contribution in [1.29, 1.82) is 0 Å². The number of rotatable bonds is 3. The summed E-state index contributed by atoms with van der Waals surface area (Å²) in [6.45, 7) is 1.86. The quantitative estimate of drug-likeness (QED) is 0.907. The first kappa shape index (κ1) is 15.6. The number of thiazole rings is 1. The number of aromatic nitrogens is 3. The van der Waals surface area contributed by atoms with Crippen LogP contribution in [0.5, 0.6) is 0 Å². The number of carbonyl (C=O) groups excluding carboxylic acids is 1. The van der Waals surface area contributed by atoms with Gasteiger partial charge in [0, 0.05) is 24.0 Å². The maximum Gasteiger partial charge on any atom is 0.260 e. The standard InChI is InChI=1S/C19H24N4OS/c1-11-15(9-23(2)22-11)17(24)21-18-20-16(10-25-18)19-6-12-3-13(7-19)5-14(4-12)8-19/h9-10,12-14H,3-8H2,1-2H3,(H,20,21,24). The molecule has 0 unspecified atom stereocenters. The number of anilines is 1. The Kier molecular flexibility index (Phi) is 3.36. The molecule has 6 heteroatoms. The first-order valence-electron chi connectivity index (χ1n) is 9.28. The fourth-order valence-electron chi connectivity index (χ4n) is 5.99. The Labute approximate surface area is 151 Å². The van der Waals surface area contributed by atoms with Crippen LogP contribution in [-0.2, 0) is 12.5 Å². The summed E-state index contributed by atoms with van der Waals surface area (Å²) in [7, 11) is 1.83. The lowest BCUT2D eigenvalue weighted by Gasteiger charge is -2.56. The Morgan fingerprint density at radius 1 is 1.24 bits per heavy atom. The van der Waals surface area contributed by atoms with Crippen LogP contribution in [0.1, 0.15) is 60.3 Å². The van der Waals surface area contributed by atoms with E-state index in [0.29, 0.717) is 11.0 Å². The second kappa shape index (κ2) is 5.40. The van der Waals surface area contributed by atoms with Crippen molar-refractivity contribution in [2.75, 3.05) is 5.32 Å². The van der Waals surface area contributed by atoms with Gasteiger partial charge in [-0.15, -0.1) is 11.3 Å². The summed E-state index contributed by atoms with van der Waals surface area (Å²) >= 11 is 1.56. The van der Waals surface area contributed by atoms with Crippen LogP contribution < -0.4 is 5.32 Å². The van der Waals surface area contributed by atoms with Crippen molar-refractivity contribution in [3.05, 3.63) is 28.5 Å². The molecule has 0 aliphatic heterocycles. The highest BCUT2D eigenvalue weighted by atomic mass is 32.1. The lowest BCUT2D eigenvalue weighted by atomic mass is 9.49. The van der Waals surface area contributed by atoms with E-state index in [2.05, 4.69) is 15.8 Å². The number of carbonyl (C=O) groups is 1. The zero-order valence-corrected chi connectivity index (χ0v) is 15.6. The Hall–Kier alpha value is -1.69. The molecule has 1 N–H and O–H groups in total. The van der Waals surface area contributed by atoms with Crippen molar-refractivity contribution in [2.45, 2.75) is 50.9 Å². The van der Waals surface area contributed by atoms with Gasteiger partial charge in [0.1, 0.15) is 0 Å². The number of nitrogens with one attached hydrogen (secondary N) is 1. The van der Waals surface area contributed by atoms with E-state index in [1.165, 1.54) is 44.2 Å². The summed E-state index contributed by atoms with van der Waals surface area (Å²) in [6, 6.07) is 0. The molecule has 0 spiro atoms. The van der Waals surface area contributed by atoms with Crippen molar-refractivity contribution < 1.29 is 4.79 Å². The summed E-state index contributed by atoms with van der Waals surface area (Å²) in [4.78, 5) is 17.4. The first-order valence-corrected chi connectivity index (χ1v) is 10.2. The molecule has 2 aromatic heterocycles. The fourth-order valence-corrected chi connectivity index (χ4v) is 6.81. The van der Waals surface area contributed by atoms with E-state index in [1.54, 1.807) is 22.2 Å². The molecule has 0 saturated heterocycles. The maximum atomic E-state index is 12.5. The Bertz CT molecular complexity index is 801. The van der Waals surface area contributed by atoms with E-state index < -0.39 is 0 Å². The van der Waals surface area contributed by atoms with E-state index in [9.17, 15) is 4.79 Å². The first-order chi connectivity index (χ1) is 12.0. The molecule has 6 rings (SSSR count). The van der Waals surface area contributed by atoms with Crippen LogP contribution in [0.4, 0.5) is 5.13 Å². The molecule has 0 atom stereocenters. The van der Waals surface area contributed by atoms with Gasteiger partial charge in [-0.1, -0.05) is 0 Å². The number of aryl methyl sites for hydroxylation is 2. The molecule has 25 heavy (non-hydrogen) atoms. The Morgan fingerprint density at radius 3 is 2.44 bits per heavy atom. The summed E-state index contributed by atoms with van der Waals surface area (Å²) in [5.41, 5.74) is 2.89. The highest BCUT2D eigenvalue weighted by molar-refractivity contribution is 7.14. The third kappa shape index (κ3) is 2.53. The second-order valence-electron chi connectivity index (χ2n) is 8.49. The molecule has 0 aromatic carbocycles. The van der Waals surface area contributed by atoms with Gasteiger partial charge in [0.2, 0.25) is 0 Å². The molecule has 2 heterocycles. The van der Waals surface area contributed by atoms with Crippen molar-refractivity contribution in [3.8, 4) is 0 Å². The molecule has 4 aliphatic rings. The second-order valence-corrected chi connectivity index (χ2v) is 9.35. The Morgan fingerprint density at radius 2 is 1.88 bits per heavy atom. The van der Waals surface area contributed by atoms with Crippen LogP contribution in [0.2, 0.25) is 0 Å². The van der Waals surface area contributed by atoms with Gasteiger partial charge in [0.25, 0.3) is 5.91 Å². The van der Waals surface area contributed by atoms with Gasteiger partial charge >= 0.3 is 0 Å². The minimum atomic E-state index is -0.114. The molecule has 4 aliphatic carbocycles. The number of amides is 1. The predicted molar refractivity (Wildman–Crippen MR) is 97.9 cm³/mol. The molecule has 2 aromatic rings. The predicted octanol–water partition coefficient (Wildman–Crippen LogP) is 3.91. The van der Waals surface area contributed by atoms with Crippen molar-refractivity contribution in [2.24, 2.45) is 24.8 Å². The molecule has 132 valence electrons. The van der Waals surface area contributed by atoms with Crippen molar-refractivity contribution >= 4 is 22.4 Å². The molecule has 0 radical (unpaired) electrons. The zero-order valence-electron chi connectivity index (χ0n) is 14.8. The number of nitrogens with zero attached hydrogens (tertiary/aromatic N) is 3. The largest absolute Gasteiger partial charge is 0.298 e. The summed E-state index contributed by atoms with van der Waals surface area (Å²) in [5.74, 6) is 2.61. The highest BCUT2D eigenvalue weighted by Gasteiger charge is 2.52. The van der Waals surface area contributed by atoms with Gasteiger partial charge in [-0.3, -0.25) is 14.8 Å². The SMILES string of the molecule is Cc1nn(C)cc1C(=O)Nc1nc(C23CC4CC(CC(C4)C2)C3)cs1. The average molecular weight is 356 g/mol. The van der Waals surface area contributed by atoms with Crippen molar-refractivity contribution in [1.82, 2.24) is 14.8 Å². The van der Waals surface area contributed by atoms with E-state index in [0.717, 1.165) is 28.6 Å². The normalized spacial score (nSPS) is 33.0. The third-order valence-electron chi connectivity index (χ3n) is 6.56. The summed E-state index contributed by atoms with van der Waals surface area (Å²) in [6.07, 6.45) is 9.99.